The van der Waals surface area contributed by atoms with Gasteiger partial charge in [0, 0.05) is 22.9 Å². The number of allylic oxidation sites excluding steroid dienone is 1. The van der Waals surface area contributed by atoms with Gasteiger partial charge in [0.15, 0.2) is 0 Å². The van der Waals surface area contributed by atoms with Crippen LogP contribution < -0.4 is 10.1 Å². The summed E-state index contributed by atoms with van der Waals surface area (Å²) in [4.78, 5) is 36.1. The number of halogens is 1. The number of hydrogen-bond acceptors (Lipinski definition) is 6. The van der Waals surface area contributed by atoms with Gasteiger partial charge in [-0.3, -0.25) is 15.0 Å². The first-order chi connectivity index (χ1) is 13.8. The van der Waals surface area contributed by atoms with Crippen LogP contribution >= 0.6 is 11.6 Å². The molecular formula is C19H16ClN3O6. The number of aliphatic carboxylic acids is 1. The van der Waals surface area contributed by atoms with Crippen LogP contribution in [0.15, 0.2) is 59.8 Å². The van der Waals surface area contributed by atoms with Gasteiger partial charge in [0.05, 0.1) is 23.2 Å². The van der Waals surface area contributed by atoms with E-state index < -0.39 is 23.0 Å². The highest BCUT2D eigenvalue weighted by Crippen LogP contribution is 2.34. The molecule has 2 aromatic rings. The Bertz CT molecular complexity index is 1010. The zero-order valence-corrected chi connectivity index (χ0v) is 15.9. The summed E-state index contributed by atoms with van der Waals surface area (Å²) in [6.45, 7) is 1.62. The fourth-order valence-corrected chi connectivity index (χ4v) is 3.22. The minimum atomic E-state index is -1.19. The highest BCUT2D eigenvalue weighted by Gasteiger charge is 2.37. The molecule has 0 spiro atoms. The van der Waals surface area contributed by atoms with Gasteiger partial charge in [-0.15, -0.1) is 0 Å². The number of benzene rings is 2. The van der Waals surface area contributed by atoms with Gasteiger partial charge in [-0.1, -0.05) is 23.7 Å². The minimum absolute atomic E-state index is 0.00556. The molecule has 0 aliphatic carbocycles. The smallest absolute Gasteiger partial charge is 0.417 e. The lowest BCUT2D eigenvalue weighted by atomic mass is 9.94. The lowest BCUT2D eigenvalue weighted by Crippen LogP contribution is -2.48. The number of carboxylic acids is 1. The summed E-state index contributed by atoms with van der Waals surface area (Å²) >= 11 is 6.06. The van der Waals surface area contributed by atoms with Crippen LogP contribution in [0, 0.1) is 10.1 Å². The molecule has 29 heavy (non-hydrogen) atoms. The van der Waals surface area contributed by atoms with Crippen LogP contribution in [-0.2, 0) is 4.79 Å². The maximum atomic E-state index is 12.8. The Kier molecular flexibility index (Phi) is 5.69. The number of amides is 1. The molecule has 10 heteroatoms. The summed E-state index contributed by atoms with van der Waals surface area (Å²) in [5, 5.41) is 23.7. The van der Waals surface area contributed by atoms with Crippen LogP contribution in [0.5, 0.6) is 5.75 Å². The second-order valence-electron chi connectivity index (χ2n) is 6.23. The summed E-state index contributed by atoms with van der Waals surface area (Å²) in [5.41, 5.74) is 0.769. The lowest BCUT2D eigenvalue weighted by Gasteiger charge is -2.37. The Labute approximate surface area is 170 Å². The van der Waals surface area contributed by atoms with E-state index in [1.165, 1.54) is 29.2 Å². The molecule has 1 amide bonds. The van der Waals surface area contributed by atoms with Gasteiger partial charge in [-0.05, 0) is 36.8 Å². The van der Waals surface area contributed by atoms with E-state index in [0.717, 1.165) is 0 Å². The summed E-state index contributed by atoms with van der Waals surface area (Å²) in [6, 6.07) is 10.6. The normalized spacial score (nSPS) is 16.2. The number of carbonyl (C=O) groups is 2. The van der Waals surface area contributed by atoms with E-state index in [1.807, 2.05) is 0 Å². The molecule has 0 fully saturated rings. The van der Waals surface area contributed by atoms with Crippen LogP contribution in [-0.4, -0.2) is 33.7 Å². The summed E-state index contributed by atoms with van der Waals surface area (Å²) in [6.07, 6.45) is -0.817. The van der Waals surface area contributed by atoms with Gasteiger partial charge >= 0.3 is 12.1 Å². The Balaban J connectivity index is 1.94. The zero-order chi connectivity index (χ0) is 21.1. The Morgan fingerprint density at radius 2 is 1.97 bits per heavy atom. The summed E-state index contributed by atoms with van der Waals surface area (Å²) in [7, 11) is 0. The molecule has 1 aliphatic rings. The highest BCUT2D eigenvalue weighted by atomic mass is 35.5. The number of nitrogens with zero attached hydrogens (tertiary/aromatic N) is 2. The number of nitro benzene ring substituents is 1. The van der Waals surface area contributed by atoms with Gasteiger partial charge in [-0.25, -0.2) is 9.59 Å². The number of non-ortho nitro benzene ring substituents is 1. The van der Waals surface area contributed by atoms with Crippen molar-refractivity contribution in [2.24, 2.45) is 0 Å². The van der Waals surface area contributed by atoms with E-state index >= 15 is 0 Å². The van der Waals surface area contributed by atoms with Crippen molar-refractivity contribution in [3.63, 3.8) is 0 Å². The van der Waals surface area contributed by atoms with Crippen LogP contribution in [0.25, 0.3) is 0 Å². The van der Waals surface area contributed by atoms with E-state index in [2.05, 4.69) is 5.32 Å². The Morgan fingerprint density at radius 1 is 1.28 bits per heavy atom. The number of nitro groups is 1. The molecule has 0 aromatic heterocycles. The first-order valence-electron chi connectivity index (χ1n) is 8.44. The molecule has 3 rings (SSSR count). The second kappa shape index (κ2) is 8.19. The molecule has 0 saturated heterocycles. The lowest BCUT2D eigenvalue weighted by molar-refractivity contribution is -0.384. The molecule has 1 unspecified atom stereocenters. The first-order valence-corrected chi connectivity index (χ1v) is 8.82. The van der Waals surface area contributed by atoms with Crippen molar-refractivity contribution in [2.75, 3.05) is 6.67 Å². The van der Waals surface area contributed by atoms with Crippen LogP contribution in [0.3, 0.4) is 0 Å². The van der Waals surface area contributed by atoms with Crippen molar-refractivity contribution in [3.8, 4) is 5.75 Å². The highest BCUT2D eigenvalue weighted by molar-refractivity contribution is 6.30. The maximum absolute atomic E-state index is 12.8. The van der Waals surface area contributed by atoms with Crippen molar-refractivity contribution in [1.82, 2.24) is 10.2 Å². The first kappa shape index (κ1) is 20.2. The zero-order valence-electron chi connectivity index (χ0n) is 15.2. The topological polar surface area (TPSA) is 122 Å². The van der Waals surface area contributed by atoms with Crippen LogP contribution in [0.1, 0.15) is 18.5 Å². The third-order valence-electron chi connectivity index (χ3n) is 4.39. The quantitative estimate of drug-likeness (QED) is 0.574. The Hall–Kier alpha value is -3.59. The van der Waals surface area contributed by atoms with Crippen LogP contribution in [0.4, 0.5) is 10.5 Å². The number of hydrogen-bond donors (Lipinski definition) is 2. The molecule has 2 aromatic carbocycles. The molecule has 0 bridgehead atoms. The summed E-state index contributed by atoms with van der Waals surface area (Å²) in [5.74, 6) is -1.10. The fraction of sp³-hybridized carbons (Fsp3) is 0.158. The molecule has 0 radical (unpaired) electrons. The number of carbonyl (C=O) groups excluding carboxylic acids is 1. The average molecular weight is 418 g/mol. The van der Waals surface area contributed by atoms with Crippen molar-refractivity contribution in [3.05, 3.63) is 80.5 Å². The predicted molar refractivity (Wildman–Crippen MR) is 103 cm³/mol. The van der Waals surface area contributed by atoms with Gasteiger partial charge in [0.25, 0.3) is 5.69 Å². The van der Waals surface area contributed by atoms with Gasteiger partial charge in [-0.2, -0.15) is 0 Å². The molecule has 150 valence electrons. The van der Waals surface area contributed by atoms with Gasteiger partial charge in [0.2, 0.25) is 0 Å². The number of ether oxygens (including phenoxy) is 1. The predicted octanol–water partition coefficient (Wildman–Crippen LogP) is 3.71. The standard InChI is InChI=1S/C19H16ClN3O6/c1-11-16(18(24)25)17(12-3-2-4-13(20)9-12)22(10-21-11)19(26)29-15-7-5-14(6-8-15)23(27)28/h2-9,17,21H,10H2,1H3,(H,24,25). The summed E-state index contributed by atoms with van der Waals surface area (Å²) < 4.78 is 5.31. The van der Waals surface area contributed by atoms with E-state index in [0.29, 0.717) is 16.3 Å². The molecule has 9 nitrogen and oxygen atoms in total. The fourth-order valence-electron chi connectivity index (χ4n) is 3.02. The number of nitrogens with one attached hydrogen (secondary N) is 1. The molecular weight excluding hydrogens is 402 g/mol. The number of carboxylic acid groups (broad SMARTS) is 1. The van der Waals surface area contributed by atoms with Gasteiger partial charge < -0.3 is 15.2 Å². The maximum Gasteiger partial charge on any atom is 0.417 e. The van der Waals surface area contributed by atoms with E-state index in [9.17, 15) is 24.8 Å². The molecule has 1 aliphatic heterocycles. The van der Waals surface area contributed by atoms with Crippen molar-refractivity contribution < 1.29 is 24.4 Å². The van der Waals surface area contributed by atoms with E-state index in [4.69, 9.17) is 16.3 Å². The third-order valence-corrected chi connectivity index (χ3v) is 4.62. The van der Waals surface area contributed by atoms with Crippen molar-refractivity contribution in [2.45, 2.75) is 13.0 Å². The van der Waals surface area contributed by atoms with Crippen molar-refractivity contribution in [1.29, 1.82) is 0 Å². The average Bonchev–Trinajstić information content (AvgIpc) is 2.67. The largest absolute Gasteiger partial charge is 0.478 e. The minimum Gasteiger partial charge on any atom is -0.478 e. The SMILES string of the molecule is CC1=C(C(=O)O)C(c2cccc(Cl)c2)N(C(=O)Oc2ccc([N+](=O)[O-])cc2)CN1. The number of rotatable bonds is 4. The van der Waals surface area contributed by atoms with Gasteiger partial charge in [0.1, 0.15) is 5.75 Å². The molecule has 1 heterocycles. The van der Waals surface area contributed by atoms with Crippen LogP contribution in [0.2, 0.25) is 5.02 Å². The third kappa shape index (κ3) is 4.30. The molecule has 0 saturated carbocycles. The molecule has 2 N–H and O–H groups in total. The van der Waals surface area contributed by atoms with Crippen molar-refractivity contribution >= 4 is 29.4 Å². The second-order valence-corrected chi connectivity index (χ2v) is 6.66. The van der Waals surface area contributed by atoms with E-state index in [-0.39, 0.29) is 23.7 Å². The monoisotopic (exact) mass is 417 g/mol. The van der Waals surface area contributed by atoms with E-state index in [1.54, 1.807) is 31.2 Å². The Morgan fingerprint density at radius 3 is 2.55 bits per heavy atom. The molecule has 1 atom stereocenters.